The number of aliphatic carboxylic acids is 1. The Morgan fingerprint density at radius 3 is 2.24 bits per heavy atom. The average Bonchev–Trinajstić information content (AvgIpc) is 2.32. The van der Waals surface area contributed by atoms with E-state index in [1.54, 1.807) is 0 Å². The van der Waals surface area contributed by atoms with Gasteiger partial charge in [0.25, 0.3) is 0 Å². The largest absolute Gasteiger partial charge is 0.478 e. The van der Waals surface area contributed by atoms with Gasteiger partial charge in [0.2, 0.25) is 0 Å². The topological polar surface area (TPSA) is 89.9 Å². The number of carboxylic acid groups (broad SMARTS) is 1. The summed E-state index contributed by atoms with van der Waals surface area (Å²) in [4.78, 5) is 32.9. The van der Waals surface area contributed by atoms with Gasteiger partial charge < -0.3 is 14.6 Å². The van der Waals surface area contributed by atoms with E-state index in [0.29, 0.717) is 6.42 Å². The average molecular weight is 244 g/mol. The monoisotopic (exact) mass is 244 g/mol. The Labute approximate surface area is 99.2 Å². The van der Waals surface area contributed by atoms with Crippen molar-refractivity contribution in [1.29, 1.82) is 0 Å². The van der Waals surface area contributed by atoms with Crippen LogP contribution in [0, 0.1) is 5.92 Å². The van der Waals surface area contributed by atoms with E-state index in [4.69, 9.17) is 5.11 Å². The van der Waals surface area contributed by atoms with Gasteiger partial charge in [-0.15, -0.1) is 0 Å². The normalized spacial score (nSPS) is 11.4. The van der Waals surface area contributed by atoms with Crippen molar-refractivity contribution in [3.63, 3.8) is 0 Å². The van der Waals surface area contributed by atoms with E-state index in [1.807, 2.05) is 0 Å². The lowest BCUT2D eigenvalue weighted by Crippen LogP contribution is -2.22. The molecule has 96 valence electrons. The molecular formula is C11H16O6. The van der Waals surface area contributed by atoms with Crippen LogP contribution in [-0.2, 0) is 23.9 Å². The minimum atomic E-state index is -1.25. The first-order valence-corrected chi connectivity index (χ1v) is 5.00. The van der Waals surface area contributed by atoms with Gasteiger partial charge in [-0.2, -0.15) is 0 Å². The Hall–Kier alpha value is -1.85. The van der Waals surface area contributed by atoms with E-state index in [0.717, 1.165) is 0 Å². The third-order valence-electron chi connectivity index (χ3n) is 2.28. The Kier molecular flexibility index (Phi) is 6.62. The van der Waals surface area contributed by atoms with E-state index in [-0.39, 0.29) is 18.4 Å². The molecule has 0 saturated carbocycles. The molecule has 0 amide bonds. The maximum Gasteiger partial charge on any atom is 0.331 e. The summed E-state index contributed by atoms with van der Waals surface area (Å²) in [5.41, 5.74) is -0.235. The summed E-state index contributed by atoms with van der Waals surface area (Å²) < 4.78 is 8.92. The number of carboxylic acids is 1. The van der Waals surface area contributed by atoms with Gasteiger partial charge in [0.1, 0.15) is 0 Å². The highest BCUT2D eigenvalue weighted by Crippen LogP contribution is 2.19. The predicted octanol–water partition coefficient (Wildman–Crippen LogP) is 0.760. The molecule has 0 aliphatic heterocycles. The molecular weight excluding hydrogens is 228 g/mol. The minimum absolute atomic E-state index is 0.122. The first-order chi connectivity index (χ1) is 7.93. The number of hydrogen-bond donors (Lipinski definition) is 1. The van der Waals surface area contributed by atoms with Crippen molar-refractivity contribution in [3.05, 3.63) is 12.2 Å². The SMILES string of the molecule is C=C(C(=O)O)[C@H](CCCC(=O)OC)C(=O)OC. The lowest BCUT2D eigenvalue weighted by atomic mass is 9.94. The van der Waals surface area contributed by atoms with Crippen molar-refractivity contribution < 1.29 is 29.0 Å². The fraction of sp³-hybridized carbons (Fsp3) is 0.545. The van der Waals surface area contributed by atoms with Crippen LogP contribution in [0.1, 0.15) is 19.3 Å². The summed E-state index contributed by atoms with van der Waals surface area (Å²) in [5, 5.41) is 8.75. The van der Waals surface area contributed by atoms with Crippen LogP contribution < -0.4 is 0 Å². The van der Waals surface area contributed by atoms with E-state index >= 15 is 0 Å². The second kappa shape index (κ2) is 7.43. The van der Waals surface area contributed by atoms with Gasteiger partial charge in [-0.3, -0.25) is 9.59 Å². The summed E-state index contributed by atoms with van der Waals surface area (Å²) in [6.45, 7) is 3.32. The molecule has 17 heavy (non-hydrogen) atoms. The van der Waals surface area contributed by atoms with Gasteiger partial charge >= 0.3 is 17.9 Å². The standard InChI is InChI=1S/C11H16O6/c1-7(10(13)14)8(11(15)17-3)5-4-6-9(12)16-2/h8H,1,4-6H2,2-3H3,(H,13,14)/t8-/m0/s1. The Bertz CT molecular complexity index is 320. The highest BCUT2D eigenvalue weighted by atomic mass is 16.5. The molecule has 0 rings (SSSR count). The number of esters is 2. The second-order valence-electron chi connectivity index (χ2n) is 3.37. The van der Waals surface area contributed by atoms with Gasteiger partial charge in [0.05, 0.1) is 20.1 Å². The summed E-state index contributed by atoms with van der Waals surface area (Å²) in [5.74, 6) is -3.25. The van der Waals surface area contributed by atoms with Crippen LogP contribution in [0.4, 0.5) is 0 Å². The first-order valence-electron chi connectivity index (χ1n) is 5.00. The Balaban J connectivity index is 4.41. The molecule has 0 aromatic carbocycles. The van der Waals surface area contributed by atoms with Crippen molar-refractivity contribution >= 4 is 17.9 Å². The second-order valence-corrected chi connectivity index (χ2v) is 3.37. The van der Waals surface area contributed by atoms with Crippen LogP contribution in [0.3, 0.4) is 0 Å². The molecule has 0 heterocycles. The van der Waals surface area contributed by atoms with Crippen molar-refractivity contribution in [3.8, 4) is 0 Å². The van der Waals surface area contributed by atoms with Gasteiger partial charge in [0, 0.05) is 12.0 Å². The van der Waals surface area contributed by atoms with Gasteiger partial charge in [-0.25, -0.2) is 4.79 Å². The Morgan fingerprint density at radius 1 is 1.24 bits per heavy atom. The van der Waals surface area contributed by atoms with Crippen molar-refractivity contribution in [2.45, 2.75) is 19.3 Å². The number of carbonyl (C=O) groups excluding carboxylic acids is 2. The van der Waals surface area contributed by atoms with Crippen LogP contribution >= 0.6 is 0 Å². The van der Waals surface area contributed by atoms with Crippen molar-refractivity contribution in [2.24, 2.45) is 5.92 Å². The predicted molar refractivity (Wildman–Crippen MR) is 58.1 cm³/mol. The van der Waals surface area contributed by atoms with Crippen LogP contribution in [-0.4, -0.2) is 37.2 Å². The quantitative estimate of drug-likeness (QED) is 0.525. The highest BCUT2D eigenvalue weighted by molar-refractivity contribution is 5.93. The third-order valence-corrected chi connectivity index (χ3v) is 2.28. The maximum absolute atomic E-state index is 11.3. The smallest absolute Gasteiger partial charge is 0.331 e. The summed E-state index contributed by atoms with van der Waals surface area (Å²) in [6.07, 6.45) is 0.641. The molecule has 1 N–H and O–H groups in total. The lowest BCUT2D eigenvalue weighted by Gasteiger charge is -2.13. The van der Waals surface area contributed by atoms with Gasteiger partial charge in [-0.1, -0.05) is 6.58 Å². The summed E-state index contributed by atoms with van der Waals surface area (Å²) >= 11 is 0. The Morgan fingerprint density at radius 2 is 1.82 bits per heavy atom. The molecule has 0 aliphatic carbocycles. The fourth-order valence-corrected chi connectivity index (χ4v) is 1.28. The zero-order valence-corrected chi connectivity index (χ0v) is 9.89. The molecule has 0 radical (unpaired) electrons. The van der Waals surface area contributed by atoms with E-state index in [1.165, 1.54) is 14.2 Å². The highest BCUT2D eigenvalue weighted by Gasteiger charge is 2.26. The van der Waals surface area contributed by atoms with Crippen molar-refractivity contribution in [2.75, 3.05) is 14.2 Å². The zero-order chi connectivity index (χ0) is 13.4. The molecule has 0 bridgehead atoms. The summed E-state index contributed by atoms with van der Waals surface area (Å²) in [6, 6.07) is 0. The number of methoxy groups -OCH3 is 2. The number of rotatable bonds is 7. The number of ether oxygens (including phenoxy) is 2. The number of carbonyl (C=O) groups is 3. The maximum atomic E-state index is 11.3. The van der Waals surface area contributed by atoms with Crippen molar-refractivity contribution in [1.82, 2.24) is 0 Å². The molecule has 6 nitrogen and oxygen atoms in total. The molecule has 0 saturated heterocycles. The van der Waals surface area contributed by atoms with Crippen LogP contribution in [0.2, 0.25) is 0 Å². The zero-order valence-electron chi connectivity index (χ0n) is 9.89. The molecule has 1 atom stereocenters. The van der Waals surface area contributed by atoms with Crippen LogP contribution in [0.25, 0.3) is 0 Å². The molecule has 0 fully saturated rings. The van der Waals surface area contributed by atoms with Crippen LogP contribution in [0.15, 0.2) is 12.2 Å². The van der Waals surface area contributed by atoms with E-state index in [2.05, 4.69) is 16.1 Å². The molecule has 0 aliphatic rings. The molecule has 0 unspecified atom stereocenters. The number of hydrogen-bond acceptors (Lipinski definition) is 5. The molecule has 0 aromatic rings. The fourth-order valence-electron chi connectivity index (χ4n) is 1.28. The molecule has 0 aromatic heterocycles. The van der Waals surface area contributed by atoms with Gasteiger partial charge in [-0.05, 0) is 12.8 Å². The van der Waals surface area contributed by atoms with E-state index in [9.17, 15) is 14.4 Å². The molecule has 0 spiro atoms. The third kappa shape index (κ3) is 5.14. The minimum Gasteiger partial charge on any atom is -0.478 e. The van der Waals surface area contributed by atoms with E-state index < -0.39 is 23.8 Å². The van der Waals surface area contributed by atoms with Crippen LogP contribution in [0.5, 0.6) is 0 Å². The molecule has 6 heteroatoms. The lowest BCUT2D eigenvalue weighted by molar-refractivity contribution is -0.147. The summed E-state index contributed by atoms with van der Waals surface area (Å²) in [7, 11) is 2.43. The first kappa shape index (κ1) is 15.2. The van der Waals surface area contributed by atoms with Gasteiger partial charge in [0.15, 0.2) is 0 Å².